The van der Waals surface area contributed by atoms with Gasteiger partial charge in [-0.25, -0.2) is 4.79 Å². The van der Waals surface area contributed by atoms with Gasteiger partial charge in [-0.15, -0.1) is 0 Å². The summed E-state index contributed by atoms with van der Waals surface area (Å²) >= 11 is 0. The molecule has 0 unspecified atom stereocenters. The SMILES string of the molecule is CCC/C=C/c1ccc(-c2cccc(C(=O)O)c2CCCC)cc1. The van der Waals surface area contributed by atoms with Gasteiger partial charge in [-0.2, -0.15) is 0 Å². The van der Waals surface area contributed by atoms with Crippen LogP contribution in [0.5, 0.6) is 0 Å². The number of benzene rings is 2. The molecule has 0 bridgehead atoms. The lowest BCUT2D eigenvalue weighted by Gasteiger charge is -2.13. The van der Waals surface area contributed by atoms with Gasteiger partial charge in [0.25, 0.3) is 0 Å². The van der Waals surface area contributed by atoms with Crippen molar-refractivity contribution in [2.45, 2.75) is 46.0 Å². The Hall–Kier alpha value is -2.35. The number of carbonyl (C=O) groups is 1. The van der Waals surface area contributed by atoms with Gasteiger partial charge in [0.1, 0.15) is 0 Å². The van der Waals surface area contributed by atoms with Crippen molar-refractivity contribution in [3.05, 3.63) is 65.2 Å². The van der Waals surface area contributed by atoms with Crippen LogP contribution in [0.25, 0.3) is 17.2 Å². The number of carboxylic acid groups (broad SMARTS) is 1. The van der Waals surface area contributed by atoms with Gasteiger partial charge in [0.05, 0.1) is 5.56 Å². The zero-order chi connectivity index (χ0) is 17.4. The molecule has 0 aromatic heterocycles. The molecule has 2 rings (SSSR count). The molecule has 0 aliphatic carbocycles. The van der Waals surface area contributed by atoms with E-state index >= 15 is 0 Å². The van der Waals surface area contributed by atoms with Crippen molar-refractivity contribution in [2.75, 3.05) is 0 Å². The maximum Gasteiger partial charge on any atom is 0.335 e. The van der Waals surface area contributed by atoms with Gasteiger partial charge in [0.2, 0.25) is 0 Å². The van der Waals surface area contributed by atoms with E-state index in [1.807, 2.05) is 12.1 Å². The molecule has 0 fully saturated rings. The molecule has 0 aliphatic rings. The van der Waals surface area contributed by atoms with Crippen molar-refractivity contribution in [3.8, 4) is 11.1 Å². The Bertz CT molecular complexity index is 696. The summed E-state index contributed by atoms with van der Waals surface area (Å²) in [5, 5.41) is 9.49. The first-order chi connectivity index (χ1) is 11.7. The molecule has 2 aromatic rings. The zero-order valence-corrected chi connectivity index (χ0v) is 14.6. The molecule has 0 spiro atoms. The van der Waals surface area contributed by atoms with E-state index in [0.717, 1.165) is 48.8 Å². The highest BCUT2D eigenvalue weighted by atomic mass is 16.4. The second kappa shape index (κ2) is 9.07. The number of allylic oxidation sites excluding steroid dienone is 1. The highest BCUT2D eigenvalue weighted by Gasteiger charge is 2.14. The van der Waals surface area contributed by atoms with E-state index < -0.39 is 5.97 Å². The third-order valence-electron chi connectivity index (χ3n) is 4.17. The summed E-state index contributed by atoms with van der Waals surface area (Å²) in [5.41, 5.74) is 4.66. The van der Waals surface area contributed by atoms with E-state index in [4.69, 9.17) is 0 Å². The van der Waals surface area contributed by atoms with Gasteiger partial charge < -0.3 is 5.11 Å². The van der Waals surface area contributed by atoms with Crippen LogP contribution >= 0.6 is 0 Å². The minimum atomic E-state index is -0.845. The molecule has 1 N–H and O–H groups in total. The van der Waals surface area contributed by atoms with Gasteiger partial charge in [0, 0.05) is 0 Å². The second-order valence-electron chi connectivity index (χ2n) is 6.05. The standard InChI is InChI=1S/C22H26O2/c1-3-5-7-9-17-13-15-18(16-14-17)19-11-8-12-21(22(23)24)20(19)10-6-4-2/h7-9,11-16H,3-6,10H2,1-2H3,(H,23,24)/b9-7+. The first-order valence-corrected chi connectivity index (χ1v) is 8.79. The van der Waals surface area contributed by atoms with Gasteiger partial charge in [0.15, 0.2) is 0 Å². The predicted molar refractivity (Wildman–Crippen MR) is 101 cm³/mol. The van der Waals surface area contributed by atoms with Crippen LogP contribution in [0.4, 0.5) is 0 Å². The third-order valence-corrected chi connectivity index (χ3v) is 4.17. The Labute approximate surface area is 144 Å². The first kappa shape index (κ1) is 18.0. The van der Waals surface area contributed by atoms with Crippen LogP contribution < -0.4 is 0 Å². The van der Waals surface area contributed by atoms with Crippen molar-refractivity contribution in [2.24, 2.45) is 0 Å². The summed E-state index contributed by atoms with van der Waals surface area (Å²) in [7, 11) is 0. The van der Waals surface area contributed by atoms with Crippen LogP contribution in [-0.2, 0) is 6.42 Å². The average Bonchev–Trinajstić information content (AvgIpc) is 2.60. The fourth-order valence-corrected chi connectivity index (χ4v) is 2.84. The molecule has 0 amide bonds. The molecule has 0 atom stereocenters. The lowest BCUT2D eigenvalue weighted by Crippen LogP contribution is -2.04. The molecule has 0 saturated carbocycles. The summed E-state index contributed by atoms with van der Waals surface area (Å²) in [6, 6.07) is 13.9. The van der Waals surface area contributed by atoms with Crippen molar-refractivity contribution >= 4 is 12.0 Å². The first-order valence-electron chi connectivity index (χ1n) is 8.79. The van der Waals surface area contributed by atoms with E-state index in [1.165, 1.54) is 5.56 Å². The summed E-state index contributed by atoms with van der Waals surface area (Å²) in [4.78, 5) is 11.6. The van der Waals surface area contributed by atoms with Gasteiger partial charge in [-0.05, 0) is 47.6 Å². The summed E-state index contributed by atoms with van der Waals surface area (Å²) in [5.74, 6) is -0.845. The zero-order valence-electron chi connectivity index (χ0n) is 14.6. The summed E-state index contributed by atoms with van der Waals surface area (Å²) < 4.78 is 0. The number of aromatic carboxylic acids is 1. The number of carboxylic acids is 1. The third kappa shape index (κ3) is 4.58. The largest absolute Gasteiger partial charge is 0.478 e. The molecular formula is C22H26O2. The Balaban J connectivity index is 2.36. The predicted octanol–water partition coefficient (Wildman–Crippen LogP) is 6.21. The number of hydrogen-bond acceptors (Lipinski definition) is 1. The molecule has 0 saturated heterocycles. The Kier molecular flexibility index (Phi) is 6.80. The van der Waals surface area contributed by atoms with E-state index in [-0.39, 0.29) is 0 Å². The van der Waals surface area contributed by atoms with Crippen molar-refractivity contribution in [3.63, 3.8) is 0 Å². The molecule has 24 heavy (non-hydrogen) atoms. The van der Waals surface area contributed by atoms with Crippen molar-refractivity contribution in [1.82, 2.24) is 0 Å². The fraction of sp³-hybridized carbons (Fsp3) is 0.318. The molecular weight excluding hydrogens is 296 g/mol. The lowest BCUT2D eigenvalue weighted by atomic mass is 9.91. The quantitative estimate of drug-likeness (QED) is 0.627. The van der Waals surface area contributed by atoms with Gasteiger partial charge >= 0.3 is 5.97 Å². The highest BCUT2D eigenvalue weighted by Crippen LogP contribution is 2.28. The van der Waals surface area contributed by atoms with Crippen LogP contribution in [0.3, 0.4) is 0 Å². The molecule has 0 heterocycles. The van der Waals surface area contributed by atoms with Gasteiger partial charge in [-0.1, -0.05) is 75.2 Å². The van der Waals surface area contributed by atoms with Gasteiger partial charge in [-0.3, -0.25) is 0 Å². The van der Waals surface area contributed by atoms with Crippen LogP contribution in [-0.4, -0.2) is 11.1 Å². The Morgan fingerprint density at radius 1 is 1.04 bits per heavy atom. The fourth-order valence-electron chi connectivity index (χ4n) is 2.84. The molecule has 2 heteroatoms. The maximum absolute atomic E-state index is 11.6. The van der Waals surface area contributed by atoms with Crippen LogP contribution in [0.1, 0.15) is 61.0 Å². The molecule has 126 valence electrons. The normalized spacial score (nSPS) is 11.1. The van der Waals surface area contributed by atoms with E-state index in [9.17, 15) is 9.90 Å². The number of unbranched alkanes of at least 4 members (excludes halogenated alkanes) is 2. The maximum atomic E-state index is 11.6. The number of rotatable bonds is 8. The molecule has 0 radical (unpaired) electrons. The van der Waals surface area contributed by atoms with Crippen LogP contribution in [0, 0.1) is 0 Å². The minimum Gasteiger partial charge on any atom is -0.478 e. The smallest absolute Gasteiger partial charge is 0.335 e. The summed E-state index contributed by atoms with van der Waals surface area (Å²) in [6.07, 6.45) is 9.41. The molecule has 2 aromatic carbocycles. The van der Waals surface area contributed by atoms with Crippen molar-refractivity contribution < 1.29 is 9.90 Å². The van der Waals surface area contributed by atoms with E-state index in [1.54, 1.807) is 6.07 Å². The minimum absolute atomic E-state index is 0.424. The number of hydrogen-bond donors (Lipinski definition) is 1. The van der Waals surface area contributed by atoms with Crippen LogP contribution in [0.15, 0.2) is 48.5 Å². The second-order valence-corrected chi connectivity index (χ2v) is 6.05. The van der Waals surface area contributed by atoms with E-state index in [2.05, 4.69) is 50.3 Å². The monoisotopic (exact) mass is 322 g/mol. The summed E-state index contributed by atoms with van der Waals surface area (Å²) in [6.45, 7) is 4.29. The lowest BCUT2D eigenvalue weighted by molar-refractivity contribution is 0.0695. The van der Waals surface area contributed by atoms with E-state index in [0.29, 0.717) is 5.56 Å². The van der Waals surface area contributed by atoms with Crippen LogP contribution in [0.2, 0.25) is 0 Å². The Morgan fingerprint density at radius 3 is 2.42 bits per heavy atom. The molecule has 2 nitrogen and oxygen atoms in total. The average molecular weight is 322 g/mol. The highest BCUT2D eigenvalue weighted by molar-refractivity contribution is 5.92. The molecule has 0 aliphatic heterocycles. The van der Waals surface area contributed by atoms with Crippen molar-refractivity contribution in [1.29, 1.82) is 0 Å². The topological polar surface area (TPSA) is 37.3 Å². The Morgan fingerprint density at radius 2 is 1.79 bits per heavy atom.